The summed E-state index contributed by atoms with van der Waals surface area (Å²) in [5.74, 6) is 0.972. The molecule has 1 unspecified atom stereocenters. The van der Waals surface area contributed by atoms with Crippen molar-refractivity contribution >= 4 is 17.2 Å². The van der Waals surface area contributed by atoms with Crippen LogP contribution in [0.1, 0.15) is 46.9 Å². The largest absolute Gasteiger partial charge is 0.344 e. The first-order chi connectivity index (χ1) is 14.2. The van der Waals surface area contributed by atoms with Crippen LogP contribution in [0.4, 0.5) is 0 Å². The van der Waals surface area contributed by atoms with Crippen molar-refractivity contribution in [3.63, 3.8) is 0 Å². The van der Waals surface area contributed by atoms with E-state index in [1.807, 2.05) is 30.5 Å². The molecule has 4 rings (SSSR count). The number of benzene rings is 1. The fourth-order valence-electron chi connectivity index (χ4n) is 3.67. The van der Waals surface area contributed by atoms with Crippen LogP contribution in [0.2, 0.25) is 0 Å². The van der Waals surface area contributed by atoms with Crippen LogP contribution in [0.5, 0.6) is 0 Å². The van der Waals surface area contributed by atoms with Crippen LogP contribution in [0.3, 0.4) is 0 Å². The molecule has 0 saturated heterocycles. The van der Waals surface area contributed by atoms with Crippen molar-refractivity contribution < 1.29 is 4.79 Å². The average Bonchev–Trinajstić information content (AvgIpc) is 3.30. The van der Waals surface area contributed by atoms with E-state index in [0.717, 1.165) is 54.4 Å². The normalized spacial score (nSPS) is 14.9. The van der Waals surface area contributed by atoms with Crippen molar-refractivity contribution in [3.8, 4) is 0 Å². The molecule has 0 spiro atoms. The van der Waals surface area contributed by atoms with Crippen LogP contribution >= 0.6 is 11.3 Å². The van der Waals surface area contributed by atoms with E-state index in [0.29, 0.717) is 6.42 Å². The Labute approximate surface area is 175 Å². The molecule has 0 bridgehead atoms. The number of aryl methyl sites for hydroxylation is 1. The van der Waals surface area contributed by atoms with Gasteiger partial charge >= 0.3 is 0 Å². The Balaban J connectivity index is 1.37. The number of rotatable bonds is 7. The van der Waals surface area contributed by atoms with E-state index in [1.54, 1.807) is 11.3 Å². The van der Waals surface area contributed by atoms with Crippen molar-refractivity contribution in [2.45, 2.75) is 38.8 Å². The molecular formula is C23H26N4OS. The van der Waals surface area contributed by atoms with Gasteiger partial charge in [-0.05, 0) is 29.0 Å². The standard InChI is InChI=1S/C23H26N4OS/c1-2-21-24-15-18-10-12-27(16-19(18)25-21)13-11-22(28)26-23(20-9-6-14-29-20)17-7-4-3-5-8-17/h3-9,14-15,23H,2,10-13,16H2,1H3,(H,26,28). The zero-order valence-corrected chi connectivity index (χ0v) is 17.5. The topological polar surface area (TPSA) is 58.1 Å². The van der Waals surface area contributed by atoms with Crippen molar-refractivity contribution in [2.75, 3.05) is 13.1 Å². The number of hydrogen-bond acceptors (Lipinski definition) is 5. The van der Waals surface area contributed by atoms with Gasteiger partial charge in [-0.15, -0.1) is 11.3 Å². The molecule has 0 fully saturated rings. The third kappa shape index (κ3) is 4.89. The first-order valence-corrected chi connectivity index (χ1v) is 11.0. The van der Waals surface area contributed by atoms with Crippen LogP contribution < -0.4 is 5.32 Å². The highest BCUT2D eigenvalue weighted by Crippen LogP contribution is 2.26. The number of hydrogen-bond donors (Lipinski definition) is 1. The first-order valence-electron chi connectivity index (χ1n) is 10.2. The van der Waals surface area contributed by atoms with Crippen molar-refractivity contribution in [2.24, 2.45) is 0 Å². The molecule has 150 valence electrons. The minimum Gasteiger partial charge on any atom is -0.344 e. The fraction of sp³-hybridized carbons (Fsp3) is 0.348. The lowest BCUT2D eigenvalue weighted by Crippen LogP contribution is -2.36. The molecule has 1 amide bonds. The van der Waals surface area contributed by atoms with Crippen molar-refractivity contribution in [3.05, 3.63) is 81.6 Å². The van der Waals surface area contributed by atoms with Crippen LogP contribution in [0.15, 0.2) is 54.0 Å². The molecule has 1 aromatic carbocycles. The minimum atomic E-state index is -0.0920. The molecule has 1 atom stereocenters. The van der Waals surface area contributed by atoms with Gasteiger partial charge in [-0.2, -0.15) is 0 Å². The maximum Gasteiger partial charge on any atom is 0.222 e. The summed E-state index contributed by atoms with van der Waals surface area (Å²) >= 11 is 1.67. The lowest BCUT2D eigenvalue weighted by atomic mass is 10.0. The summed E-state index contributed by atoms with van der Waals surface area (Å²) in [6, 6.07) is 14.2. The van der Waals surface area contributed by atoms with E-state index in [1.165, 1.54) is 5.56 Å². The lowest BCUT2D eigenvalue weighted by molar-refractivity contribution is -0.122. The lowest BCUT2D eigenvalue weighted by Gasteiger charge is -2.28. The fourth-order valence-corrected chi connectivity index (χ4v) is 4.47. The van der Waals surface area contributed by atoms with Gasteiger partial charge < -0.3 is 5.32 Å². The number of nitrogens with one attached hydrogen (secondary N) is 1. The van der Waals surface area contributed by atoms with E-state index in [4.69, 9.17) is 0 Å². The van der Waals surface area contributed by atoms with Crippen LogP contribution in [0.25, 0.3) is 0 Å². The van der Waals surface area contributed by atoms with Gasteiger partial charge in [0, 0.05) is 43.5 Å². The van der Waals surface area contributed by atoms with Crippen molar-refractivity contribution in [1.29, 1.82) is 0 Å². The number of thiophene rings is 1. The third-order valence-electron chi connectivity index (χ3n) is 5.31. The second-order valence-corrected chi connectivity index (χ2v) is 8.29. The van der Waals surface area contributed by atoms with Gasteiger partial charge in [0.25, 0.3) is 0 Å². The molecule has 5 nitrogen and oxygen atoms in total. The van der Waals surface area contributed by atoms with E-state index < -0.39 is 0 Å². The van der Waals surface area contributed by atoms with Gasteiger partial charge in [-0.3, -0.25) is 9.69 Å². The Morgan fingerprint density at radius 1 is 1.24 bits per heavy atom. The summed E-state index contributed by atoms with van der Waals surface area (Å²) in [5, 5.41) is 5.28. The zero-order valence-electron chi connectivity index (χ0n) is 16.7. The predicted molar refractivity (Wildman–Crippen MR) is 116 cm³/mol. The molecular weight excluding hydrogens is 380 g/mol. The first kappa shape index (κ1) is 19.7. The number of carbonyl (C=O) groups is 1. The summed E-state index contributed by atoms with van der Waals surface area (Å²) < 4.78 is 0. The molecule has 1 aliphatic heterocycles. The minimum absolute atomic E-state index is 0.0787. The summed E-state index contributed by atoms with van der Waals surface area (Å²) in [6.07, 6.45) is 4.24. The van der Waals surface area contributed by atoms with E-state index >= 15 is 0 Å². The van der Waals surface area contributed by atoms with E-state index in [9.17, 15) is 4.79 Å². The Morgan fingerprint density at radius 2 is 2.10 bits per heavy atom. The zero-order chi connectivity index (χ0) is 20.1. The molecule has 0 saturated carbocycles. The Kier molecular flexibility index (Phi) is 6.32. The molecule has 0 radical (unpaired) electrons. The SMILES string of the molecule is CCc1ncc2c(n1)CN(CCC(=O)NC(c1ccccc1)c1cccs1)CC2. The van der Waals surface area contributed by atoms with Gasteiger partial charge in [-0.25, -0.2) is 9.97 Å². The molecule has 3 aromatic rings. The molecule has 6 heteroatoms. The highest BCUT2D eigenvalue weighted by Gasteiger charge is 2.21. The second-order valence-electron chi connectivity index (χ2n) is 7.31. The highest BCUT2D eigenvalue weighted by molar-refractivity contribution is 7.10. The predicted octanol–water partition coefficient (Wildman–Crippen LogP) is 3.75. The smallest absolute Gasteiger partial charge is 0.222 e. The summed E-state index contributed by atoms with van der Waals surface area (Å²) in [7, 11) is 0. The highest BCUT2D eigenvalue weighted by atomic mass is 32.1. The van der Waals surface area contributed by atoms with E-state index in [-0.39, 0.29) is 11.9 Å². The summed E-state index contributed by atoms with van der Waals surface area (Å²) in [5.41, 5.74) is 3.47. The maximum absolute atomic E-state index is 12.8. The van der Waals surface area contributed by atoms with Gasteiger partial charge in [0.15, 0.2) is 0 Å². The quantitative estimate of drug-likeness (QED) is 0.649. The Hall–Kier alpha value is -2.57. The monoisotopic (exact) mass is 406 g/mol. The third-order valence-corrected chi connectivity index (χ3v) is 6.25. The van der Waals surface area contributed by atoms with Crippen LogP contribution in [-0.4, -0.2) is 33.9 Å². The van der Waals surface area contributed by atoms with Gasteiger partial charge in [0.2, 0.25) is 5.91 Å². The Morgan fingerprint density at radius 3 is 2.86 bits per heavy atom. The van der Waals surface area contributed by atoms with Gasteiger partial charge in [0.1, 0.15) is 5.82 Å². The second kappa shape index (κ2) is 9.29. The summed E-state index contributed by atoms with van der Waals surface area (Å²) in [4.78, 5) is 25.3. The maximum atomic E-state index is 12.8. The molecule has 1 N–H and O–H groups in total. The van der Waals surface area contributed by atoms with Gasteiger partial charge in [-0.1, -0.05) is 43.3 Å². The summed E-state index contributed by atoms with van der Waals surface area (Å²) in [6.45, 7) is 4.55. The van der Waals surface area contributed by atoms with E-state index in [2.05, 4.69) is 50.7 Å². The number of nitrogens with zero attached hydrogens (tertiary/aromatic N) is 3. The van der Waals surface area contributed by atoms with Crippen molar-refractivity contribution in [1.82, 2.24) is 20.2 Å². The van der Waals surface area contributed by atoms with Crippen LogP contribution in [-0.2, 0) is 24.2 Å². The molecule has 2 aromatic heterocycles. The number of aromatic nitrogens is 2. The number of fused-ring (bicyclic) bond motifs is 1. The number of amides is 1. The molecule has 29 heavy (non-hydrogen) atoms. The molecule has 1 aliphatic rings. The molecule has 0 aliphatic carbocycles. The van der Waals surface area contributed by atoms with Gasteiger partial charge in [0.05, 0.1) is 11.7 Å². The number of carbonyl (C=O) groups excluding carboxylic acids is 1. The Bertz CT molecular complexity index is 943. The average molecular weight is 407 g/mol. The molecule has 3 heterocycles. The van der Waals surface area contributed by atoms with Crippen LogP contribution in [0, 0.1) is 0 Å².